The molecule has 0 bridgehead atoms. The van der Waals surface area contributed by atoms with Crippen LogP contribution < -0.4 is 15.5 Å². The van der Waals surface area contributed by atoms with Crippen LogP contribution in [0.5, 0.6) is 0 Å². The molecule has 3 N–H and O–H groups in total. The second-order valence-corrected chi connectivity index (χ2v) is 9.11. The molecule has 4 rings (SSSR count). The highest BCUT2D eigenvalue weighted by Crippen LogP contribution is 2.30. The highest BCUT2D eigenvalue weighted by Gasteiger charge is 2.30. The summed E-state index contributed by atoms with van der Waals surface area (Å²) in [5.41, 5.74) is 1.09. The predicted molar refractivity (Wildman–Crippen MR) is 118 cm³/mol. The third-order valence-electron chi connectivity index (χ3n) is 6.96. The maximum absolute atomic E-state index is 14.9. The second-order valence-electron chi connectivity index (χ2n) is 9.11. The van der Waals surface area contributed by atoms with Crippen LogP contribution in [0.2, 0.25) is 0 Å². The standard InChI is InChI=1S/C23H31FN4O4/c24-18-14-16(25-19-2-4-21(29)26-23(19)32)1-3-20(18)28-11-7-17(8-12-28)27-9-5-15(6-10-27)13-22(30)31/h1,3,14-15,17,19,25H,2,4-13H2,(H,30,31)(H,26,29,32). The predicted octanol–water partition coefficient (Wildman–Crippen LogP) is 2.20. The molecular formula is C23H31FN4O4. The molecule has 8 nitrogen and oxygen atoms in total. The van der Waals surface area contributed by atoms with Gasteiger partial charge in [0.15, 0.2) is 0 Å². The number of likely N-dealkylation sites (tertiary alicyclic amines) is 1. The van der Waals surface area contributed by atoms with Crippen molar-refractivity contribution < 1.29 is 23.9 Å². The van der Waals surface area contributed by atoms with E-state index in [0.29, 0.717) is 23.8 Å². The lowest BCUT2D eigenvalue weighted by atomic mass is 9.91. The normalized spacial score (nSPS) is 23.8. The van der Waals surface area contributed by atoms with E-state index in [0.717, 1.165) is 51.9 Å². The van der Waals surface area contributed by atoms with Crippen LogP contribution >= 0.6 is 0 Å². The van der Waals surface area contributed by atoms with Gasteiger partial charge in [-0.3, -0.25) is 19.7 Å². The minimum absolute atomic E-state index is 0.264. The van der Waals surface area contributed by atoms with Crippen LogP contribution in [0.15, 0.2) is 18.2 Å². The monoisotopic (exact) mass is 446 g/mol. The molecule has 9 heteroatoms. The van der Waals surface area contributed by atoms with Crippen LogP contribution in [0, 0.1) is 11.7 Å². The molecule has 32 heavy (non-hydrogen) atoms. The molecule has 174 valence electrons. The second kappa shape index (κ2) is 9.85. The smallest absolute Gasteiger partial charge is 0.303 e. The Balaban J connectivity index is 1.28. The topological polar surface area (TPSA) is 102 Å². The fourth-order valence-electron chi connectivity index (χ4n) is 5.13. The molecule has 2 amide bonds. The van der Waals surface area contributed by atoms with Gasteiger partial charge in [0.25, 0.3) is 0 Å². The summed E-state index contributed by atoms with van der Waals surface area (Å²) >= 11 is 0. The number of amides is 2. The molecule has 3 fully saturated rings. The van der Waals surface area contributed by atoms with E-state index in [1.165, 1.54) is 6.07 Å². The van der Waals surface area contributed by atoms with Crippen molar-refractivity contribution >= 4 is 29.2 Å². The van der Waals surface area contributed by atoms with E-state index in [-0.39, 0.29) is 36.4 Å². The molecule has 3 saturated heterocycles. The summed E-state index contributed by atoms with van der Waals surface area (Å²) in [4.78, 5) is 38.6. The van der Waals surface area contributed by atoms with Crippen molar-refractivity contribution in [2.75, 3.05) is 36.4 Å². The number of halogens is 1. The third-order valence-corrected chi connectivity index (χ3v) is 6.96. The number of aliphatic carboxylic acids is 1. The number of carboxylic acids is 1. The number of nitrogens with zero attached hydrogens (tertiary/aromatic N) is 2. The molecule has 0 saturated carbocycles. The van der Waals surface area contributed by atoms with E-state index in [1.807, 2.05) is 0 Å². The average Bonchev–Trinajstić information content (AvgIpc) is 2.76. The van der Waals surface area contributed by atoms with Gasteiger partial charge in [0.05, 0.1) is 5.69 Å². The number of rotatable bonds is 6. The molecule has 0 aliphatic carbocycles. The van der Waals surface area contributed by atoms with Crippen LogP contribution in [0.4, 0.5) is 15.8 Å². The number of imide groups is 1. The first kappa shape index (κ1) is 22.5. The van der Waals surface area contributed by atoms with Crippen LogP contribution in [-0.4, -0.2) is 66.1 Å². The van der Waals surface area contributed by atoms with Crippen molar-refractivity contribution in [2.24, 2.45) is 5.92 Å². The Morgan fingerprint density at radius 2 is 1.81 bits per heavy atom. The number of carbonyl (C=O) groups is 3. The maximum atomic E-state index is 14.9. The summed E-state index contributed by atoms with van der Waals surface area (Å²) < 4.78 is 14.9. The average molecular weight is 447 g/mol. The van der Waals surface area contributed by atoms with Crippen LogP contribution in [-0.2, 0) is 14.4 Å². The molecule has 0 radical (unpaired) electrons. The molecule has 0 spiro atoms. The highest BCUT2D eigenvalue weighted by atomic mass is 19.1. The van der Waals surface area contributed by atoms with E-state index >= 15 is 0 Å². The zero-order valence-corrected chi connectivity index (χ0v) is 18.2. The van der Waals surface area contributed by atoms with Crippen molar-refractivity contribution in [2.45, 2.75) is 57.0 Å². The van der Waals surface area contributed by atoms with E-state index < -0.39 is 12.0 Å². The van der Waals surface area contributed by atoms with Crippen molar-refractivity contribution in [1.29, 1.82) is 0 Å². The Bertz CT molecular complexity index is 864. The maximum Gasteiger partial charge on any atom is 0.303 e. The number of carboxylic acid groups (broad SMARTS) is 1. The number of benzene rings is 1. The van der Waals surface area contributed by atoms with E-state index in [1.54, 1.807) is 12.1 Å². The Morgan fingerprint density at radius 1 is 1.09 bits per heavy atom. The Labute approximate surface area is 187 Å². The van der Waals surface area contributed by atoms with E-state index in [2.05, 4.69) is 20.4 Å². The molecule has 1 unspecified atom stereocenters. The molecule has 1 atom stereocenters. The summed E-state index contributed by atoms with van der Waals surface area (Å²) in [7, 11) is 0. The largest absolute Gasteiger partial charge is 0.481 e. The first-order chi connectivity index (χ1) is 15.4. The minimum Gasteiger partial charge on any atom is -0.481 e. The molecule has 1 aromatic carbocycles. The zero-order valence-electron chi connectivity index (χ0n) is 18.2. The molecule has 3 aliphatic rings. The lowest BCUT2D eigenvalue weighted by molar-refractivity contribution is -0.138. The summed E-state index contributed by atoms with van der Waals surface area (Å²) in [5.74, 6) is -1.40. The number of carbonyl (C=O) groups excluding carboxylic acids is 2. The van der Waals surface area contributed by atoms with Crippen molar-refractivity contribution in [3.05, 3.63) is 24.0 Å². The number of nitrogens with one attached hydrogen (secondary N) is 2. The molecule has 1 aromatic rings. The summed E-state index contributed by atoms with van der Waals surface area (Å²) in [6.07, 6.45) is 4.72. The third kappa shape index (κ3) is 5.38. The van der Waals surface area contributed by atoms with Gasteiger partial charge in [-0.2, -0.15) is 0 Å². The SMILES string of the molecule is O=C(O)CC1CCN(C2CCN(c3ccc(NC4CCC(=O)NC4=O)cc3F)CC2)CC1. The van der Waals surface area contributed by atoms with Gasteiger partial charge in [-0.15, -0.1) is 0 Å². The van der Waals surface area contributed by atoms with Crippen LogP contribution in [0.1, 0.15) is 44.9 Å². The molecule has 3 heterocycles. The summed E-state index contributed by atoms with van der Waals surface area (Å²) in [6, 6.07) is 4.88. The lowest BCUT2D eigenvalue weighted by Gasteiger charge is -2.42. The zero-order chi connectivity index (χ0) is 22.7. The minimum atomic E-state index is -0.711. The number of anilines is 2. The lowest BCUT2D eigenvalue weighted by Crippen LogP contribution is -2.48. The number of hydrogen-bond acceptors (Lipinski definition) is 6. The van der Waals surface area contributed by atoms with Gasteiger partial charge in [0.2, 0.25) is 11.8 Å². The molecule has 3 aliphatic heterocycles. The Morgan fingerprint density at radius 3 is 2.44 bits per heavy atom. The van der Waals surface area contributed by atoms with E-state index in [9.17, 15) is 18.8 Å². The van der Waals surface area contributed by atoms with Gasteiger partial charge in [0.1, 0.15) is 11.9 Å². The van der Waals surface area contributed by atoms with Gasteiger partial charge in [0, 0.05) is 37.7 Å². The first-order valence-electron chi connectivity index (χ1n) is 11.5. The van der Waals surface area contributed by atoms with Crippen LogP contribution in [0.3, 0.4) is 0 Å². The first-order valence-corrected chi connectivity index (χ1v) is 11.5. The fourth-order valence-corrected chi connectivity index (χ4v) is 5.13. The summed E-state index contributed by atoms with van der Waals surface area (Å²) in [6.45, 7) is 3.43. The van der Waals surface area contributed by atoms with Gasteiger partial charge in [-0.1, -0.05) is 0 Å². The van der Waals surface area contributed by atoms with Gasteiger partial charge in [-0.05, 0) is 69.3 Å². The van der Waals surface area contributed by atoms with Gasteiger partial charge >= 0.3 is 5.97 Å². The van der Waals surface area contributed by atoms with Crippen molar-refractivity contribution in [1.82, 2.24) is 10.2 Å². The Hall–Kier alpha value is -2.68. The quantitative estimate of drug-likeness (QED) is 0.576. The number of piperidine rings is 3. The number of hydrogen-bond donors (Lipinski definition) is 3. The van der Waals surface area contributed by atoms with Crippen molar-refractivity contribution in [3.8, 4) is 0 Å². The van der Waals surface area contributed by atoms with E-state index in [4.69, 9.17) is 5.11 Å². The van der Waals surface area contributed by atoms with Gasteiger partial charge < -0.3 is 20.2 Å². The van der Waals surface area contributed by atoms with Gasteiger partial charge in [-0.25, -0.2) is 4.39 Å². The molecule has 0 aromatic heterocycles. The summed E-state index contributed by atoms with van der Waals surface area (Å²) in [5, 5.41) is 14.3. The van der Waals surface area contributed by atoms with Crippen molar-refractivity contribution in [3.63, 3.8) is 0 Å². The molecular weight excluding hydrogens is 415 g/mol. The fraction of sp³-hybridized carbons (Fsp3) is 0.609. The van der Waals surface area contributed by atoms with Crippen LogP contribution in [0.25, 0.3) is 0 Å². The highest BCUT2D eigenvalue weighted by molar-refractivity contribution is 6.01. The Kier molecular flexibility index (Phi) is 6.93.